The fourth-order valence-corrected chi connectivity index (χ4v) is 1.13. The van der Waals surface area contributed by atoms with E-state index in [9.17, 15) is 0 Å². The van der Waals surface area contributed by atoms with Crippen molar-refractivity contribution in [2.24, 2.45) is 0 Å². The normalized spacial score (nSPS) is 9.38. The molecule has 0 fully saturated rings. The minimum absolute atomic E-state index is 1.05. The zero-order valence-electron chi connectivity index (χ0n) is 8.78. The van der Waals surface area contributed by atoms with E-state index < -0.39 is 0 Å². The lowest BCUT2D eigenvalue weighted by molar-refractivity contribution is 0.700. The van der Waals surface area contributed by atoms with Crippen molar-refractivity contribution in [1.82, 2.24) is 0 Å². The summed E-state index contributed by atoms with van der Waals surface area (Å²) in [7, 11) is 0. The molecule has 0 aliphatic heterocycles. The molecule has 0 bridgehead atoms. The van der Waals surface area contributed by atoms with Crippen LogP contribution in [0.1, 0.15) is 57.8 Å². The summed E-state index contributed by atoms with van der Waals surface area (Å²) in [5.74, 6) is 6.42. The summed E-state index contributed by atoms with van der Waals surface area (Å²) in [4.78, 5) is 0. The van der Waals surface area contributed by atoms with Crippen molar-refractivity contribution in [2.75, 3.05) is 0 Å². The fraction of sp³-hybridized carbons (Fsp3) is 0.692. The first-order valence-electron chi connectivity index (χ1n) is 5.46. The summed E-state index contributed by atoms with van der Waals surface area (Å²) in [6.07, 6.45) is 10.5. The van der Waals surface area contributed by atoms with E-state index in [2.05, 4.69) is 25.7 Å². The van der Waals surface area contributed by atoms with Gasteiger partial charge in [0.1, 0.15) is 0 Å². The molecule has 0 heteroatoms. The van der Waals surface area contributed by atoms with Gasteiger partial charge in [-0.25, -0.2) is 0 Å². The SMILES string of the molecule is [CH2]CCCCC#CCCCCC[CH2]. The molecule has 0 aromatic rings. The zero-order chi connectivity index (χ0) is 9.78. The molecule has 0 aliphatic carbocycles. The highest BCUT2D eigenvalue weighted by Crippen LogP contribution is 2.01. The molecule has 0 aromatic carbocycles. The Balaban J connectivity index is 3.02. The van der Waals surface area contributed by atoms with E-state index in [4.69, 9.17) is 0 Å². The Morgan fingerprint density at radius 1 is 0.615 bits per heavy atom. The number of hydrogen-bond acceptors (Lipinski definition) is 0. The van der Waals surface area contributed by atoms with Gasteiger partial charge >= 0.3 is 0 Å². The van der Waals surface area contributed by atoms with Crippen LogP contribution in [0.15, 0.2) is 0 Å². The maximum atomic E-state index is 3.81. The largest absolute Gasteiger partial charge is 0.103 e. The first-order valence-corrected chi connectivity index (χ1v) is 5.46. The van der Waals surface area contributed by atoms with E-state index in [1.54, 1.807) is 0 Å². The molecule has 74 valence electrons. The van der Waals surface area contributed by atoms with Crippen LogP contribution in [0.4, 0.5) is 0 Å². The van der Waals surface area contributed by atoms with Crippen LogP contribution in [0.3, 0.4) is 0 Å². The Labute approximate surface area is 84.1 Å². The Morgan fingerprint density at radius 2 is 1.08 bits per heavy atom. The molecule has 2 radical (unpaired) electrons. The Hall–Kier alpha value is -0.440. The van der Waals surface area contributed by atoms with Crippen LogP contribution in [-0.4, -0.2) is 0 Å². The highest BCUT2D eigenvalue weighted by molar-refractivity contribution is 4.98. The quantitative estimate of drug-likeness (QED) is 0.405. The van der Waals surface area contributed by atoms with Gasteiger partial charge in [-0.1, -0.05) is 46.0 Å². The summed E-state index contributed by atoms with van der Waals surface area (Å²) < 4.78 is 0. The lowest BCUT2D eigenvalue weighted by atomic mass is 10.1. The van der Waals surface area contributed by atoms with Crippen molar-refractivity contribution in [3.05, 3.63) is 13.8 Å². The van der Waals surface area contributed by atoms with Gasteiger partial charge in [0.2, 0.25) is 0 Å². The monoisotopic (exact) mass is 178 g/mol. The molecule has 0 saturated heterocycles. The number of hydrogen-bond donors (Lipinski definition) is 0. The topological polar surface area (TPSA) is 0 Å². The molecule has 0 aliphatic rings. The molecule has 0 atom stereocenters. The highest BCUT2D eigenvalue weighted by Gasteiger charge is 1.84. The number of rotatable bonds is 7. The fourth-order valence-electron chi connectivity index (χ4n) is 1.13. The van der Waals surface area contributed by atoms with Crippen molar-refractivity contribution in [3.8, 4) is 11.8 Å². The van der Waals surface area contributed by atoms with E-state index in [-0.39, 0.29) is 0 Å². The van der Waals surface area contributed by atoms with Gasteiger partial charge in [0.25, 0.3) is 0 Å². The van der Waals surface area contributed by atoms with Crippen molar-refractivity contribution in [1.29, 1.82) is 0 Å². The van der Waals surface area contributed by atoms with Gasteiger partial charge in [-0.3, -0.25) is 0 Å². The third-order valence-corrected chi connectivity index (χ3v) is 1.98. The van der Waals surface area contributed by atoms with Crippen molar-refractivity contribution < 1.29 is 0 Å². The highest BCUT2D eigenvalue weighted by atomic mass is 13.9. The maximum absolute atomic E-state index is 3.81. The lowest BCUT2D eigenvalue weighted by Gasteiger charge is -1.92. The summed E-state index contributed by atoms with van der Waals surface area (Å²) in [6, 6.07) is 0. The third kappa shape index (κ3) is 11.6. The predicted octanol–water partition coefficient (Wildman–Crippen LogP) is 4.17. The predicted molar refractivity (Wildman–Crippen MR) is 60.0 cm³/mol. The molecule has 0 nitrogen and oxygen atoms in total. The first kappa shape index (κ1) is 12.6. The van der Waals surface area contributed by atoms with Gasteiger partial charge in [-0.15, -0.1) is 11.8 Å². The van der Waals surface area contributed by atoms with Crippen LogP contribution >= 0.6 is 0 Å². The van der Waals surface area contributed by atoms with Gasteiger partial charge in [0, 0.05) is 12.8 Å². The molecular formula is C13H22. The van der Waals surface area contributed by atoms with Crippen LogP contribution in [0.25, 0.3) is 0 Å². The maximum Gasteiger partial charge on any atom is 0.00886 e. The third-order valence-electron chi connectivity index (χ3n) is 1.98. The molecule has 0 unspecified atom stereocenters. The second kappa shape index (κ2) is 11.6. The van der Waals surface area contributed by atoms with Gasteiger partial charge < -0.3 is 0 Å². The Bertz CT molecular complexity index is 136. The summed E-state index contributed by atoms with van der Waals surface area (Å²) in [5.41, 5.74) is 0. The smallest absolute Gasteiger partial charge is 0.00886 e. The van der Waals surface area contributed by atoms with Crippen LogP contribution in [-0.2, 0) is 0 Å². The van der Waals surface area contributed by atoms with Crippen LogP contribution < -0.4 is 0 Å². The zero-order valence-corrected chi connectivity index (χ0v) is 8.78. The lowest BCUT2D eigenvalue weighted by Crippen LogP contribution is -1.75. The molecular weight excluding hydrogens is 156 g/mol. The van der Waals surface area contributed by atoms with Crippen LogP contribution in [0, 0.1) is 25.7 Å². The molecule has 0 saturated carbocycles. The second-order valence-corrected chi connectivity index (χ2v) is 3.33. The van der Waals surface area contributed by atoms with E-state index in [0.717, 1.165) is 25.7 Å². The Morgan fingerprint density at radius 3 is 1.62 bits per heavy atom. The molecule has 0 spiro atoms. The van der Waals surface area contributed by atoms with Crippen LogP contribution in [0.2, 0.25) is 0 Å². The Kier molecular flexibility index (Phi) is 11.2. The van der Waals surface area contributed by atoms with E-state index in [1.165, 1.54) is 32.1 Å². The summed E-state index contributed by atoms with van der Waals surface area (Å²) in [5, 5.41) is 0. The standard InChI is InChI=1S/C13H22/c1-3-5-7-9-11-13-12-10-8-6-4-2/h1-11H2. The van der Waals surface area contributed by atoms with E-state index in [0.29, 0.717) is 0 Å². The second-order valence-electron chi connectivity index (χ2n) is 3.33. The van der Waals surface area contributed by atoms with Crippen molar-refractivity contribution in [2.45, 2.75) is 57.8 Å². The minimum atomic E-state index is 1.05. The summed E-state index contributed by atoms with van der Waals surface area (Å²) >= 11 is 0. The molecule has 13 heavy (non-hydrogen) atoms. The van der Waals surface area contributed by atoms with E-state index in [1.807, 2.05) is 0 Å². The molecule has 0 aromatic heterocycles. The van der Waals surface area contributed by atoms with Gasteiger partial charge in [-0.05, 0) is 12.8 Å². The average Bonchev–Trinajstić information content (AvgIpc) is 2.16. The molecule has 0 N–H and O–H groups in total. The molecule has 0 rings (SSSR count). The van der Waals surface area contributed by atoms with Crippen molar-refractivity contribution >= 4 is 0 Å². The summed E-state index contributed by atoms with van der Waals surface area (Å²) in [6.45, 7) is 7.61. The van der Waals surface area contributed by atoms with E-state index >= 15 is 0 Å². The average molecular weight is 178 g/mol. The minimum Gasteiger partial charge on any atom is -0.103 e. The van der Waals surface area contributed by atoms with Gasteiger partial charge in [0.05, 0.1) is 0 Å². The first-order chi connectivity index (χ1) is 6.41. The molecule has 0 heterocycles. The van der Waals surface area contributed by atoms with Crippen LogP contribution in [0.5, 0.6) is 0 Å². The number of unbranched alkanes of at least 4 members (excludes halogenated alkanes) is 7. The van der Waals surface area contributed by atoms with Gasteiger partial charge in [0.15, 0.2) is 0 Å². The van der Waals surface area contributed by atoms with Crippen molar-refractivity contribution in [3.63, 3.8) is 0 Å². The molecule has 0 amide bonds. The van der Waals surface area contributed by atoms with Gasteiger partial charge in [-0.2, -0.15) is 0 Å².